The van der Waals surface area contributed by atoms with Gasteiger partial charge in [0.2, 0.25) is 0 Å². The molecule has 0 saturated carbocycles. The molecule has 2 aromatic carbocycles. The van der Waals surface area contributed by atoms with Crippen molar-refractivity contribution in [1.82, 2.24) is 0 Å². The minimum atomic E-state index is 0.218. The number of anilines is 1. The summed E-state index contributed by atoms with van der Waals surface area (Å²) >= 11 is 9.58. The maximum absolute atomic E-state index is 6.11. The second kappa shape index (κ2) is 7.71. The topological polar surface area (TPSA) is 21.3 Å². The Morgan fingerprint density at radius 1 is 1.14 bits per heavy atom. The molecule has 1 atom stereocenters. The van der Waals surface area contributed by atoms with E-state index in [0.29, 0.717) is 11.6 Å². The molecule has 2 aromatic rings. The molecule has 1 N–H and O–H groups in total. The Morgan fingerprint density at radius 3 is 2.48 bits per heavy atom. The molecule has 0 fully saturated rings. The van der Waals surface area contributed by atoms with Gasteiger partial charge < -0.3 is 10.1 Å². The van der Waals surface area contributed by atoms with Crippen LogP contribution in [0.5, 0.6) is 5.75 Å². The largest absolute Gasteiger partial charge is 0.492 e. The van der Waals surface area contributed by atoms with Crippen LogP contribution in [0.25, 0.3) is 0 Å². The van der Waals surface area contributed by atoms with Gasteiger partial charge in [-0.3, -0.25) is 0 Å². The standard InChI is InChI=1S/C17H19BrClNO/c1-3-15(12-5-7-13(18)8-6-12)20-16-11-14(19)9-10-17(16)21-4-2/h5-11,15,20H,3-4H2,1-2H3. The number of nitrogens with one attached hydrogen (secondary N) is 1. The van der Waals surface area contributed by atoms with E-state index in [1.807, 2.05) is 25.1 Å². The van der Waals surface area contributed by atoms with Gasteiger partial charge in [0.15, 0.2) is 0 Å². The van der Waals surface area contributed by atoms with Crippen molar-refractivity contribution in [2.45, 2.75) is 26.3 Å². The maximum Gasteiger partial charge on any atom is 0.142 e. The van der Waals surface area contributed by atoms with Gasteiger partial charge in [-0.15, -0.1) is 0 Å². The van der Waals surface area contributed by atoms with Crippen LogP contribution in [-0.4, -0.2) is 6.61 Å². The van der Waals surface area contributed by atoms with Crippen molar-refractivity contribution in [3.63, 3.8) is 0 Å². The van der Waals surface area contributed by atoms with Gasteiger partial charge in [0.25, 0.3) is 0 Å². The van der Waals surface area contributed by atoms with E-state index in [9.17, 15) is 0 Å². The fraction of sp³-hybridized carbons (Fsp3) is 0.294. The predicted octanol–water partition coefficient (Wildman–Crippen LogP) is 6.06. The summed E-state index contributed by atoms with van der Waals surface area (Å²) in [5.74, 6) is 0.831. The third-order valence-corrected chi connectivity index (χ3v) is 4.02. The lowest BCUT2D eigenvalue weighted by Gasteiger charge is -2.21. The highest BCUT2D eigenvalue weighted by atomic mass is 79.9. The Morgan fingerprint density at radius 2 is 1.86 bits per heavy atom. The van der Waals surface area contributed by atoms with Gasteiger partial charge in [-0.05, 0) is 49.2 Å². The first kappa shape index (κ1) is 16.2. The normalized spacial score (nSPS) is 12.0. The molecule has 0 aliphatic heterocycles. The molecule has 0 aliphatic carbocycles. The first-order valence-corrected chi connectivity index (χ1v) is 8.25. The number of rotatable bonds is 6. The van der Waals surface area contributed by atoms with Gasteiger partial charge in [-0.1, -0.05) is 46.6 Å². The number of hydrogen-bond donors (Lipinski definition) is 1. The smallest absolute Gasteiger partial charge is 0.142 e. The molecule has 0 heterocycles. The monoisotopic (exact) mass is 367 g/mol. The second-order valence-electron chi connectivity index (χ2n) is 4.73. The number of hydrogen-bond acceptors (Lipinski definition) is 2. The van der Waals surface area contributed by atoms with Crippen molar-refractivity contribution >= 4 is 33.2 Å². The zero-order valence-electron chi connectivity index (χ0n) is 12.2. The average molecular weight is 369 g/mol. The van der Waals surface area contributed by atoms with Crippen LogP contribution in [0, 0.1) is 0 Å². The summed E-state index contributed by atoms with van der Waals surface area (Å²) in [4.78, 5) is 0. The van der Waals surface area contributed by atoms with Crippen LogP contribution < -0.4 is 10.1 Å². The van der Waals surface area contributed by atoms with E-state index < -0.39 is 0 Å². The third kappa shape index (κ3) is 4.39. The van der Waals surface area contributed by atoms with E-state index >= 15 is 0 Å². The zero-order valence-corrected chi connectivity index (χ0v) is 14.5. The van der Waals surface area contributed by atoms with Gasteiger partial charge in [0, 0.05) is 9.50 Å². The van der Waals surface area contributed by atoms with E-state index in [2.05, 4.69) is 52.4 Å². The summed E-state index contributed by atoms with van der Waals surface area (Å²) in [6, 6.07) is 14.2. The van der Waals surface area contributed by atoms with Crippen molar-refractivity contribution in [1.29, 1.82) is 0 Å². The Labute approximate surface area is 139 Å². The molecule has 0 spiro atoms. The van der Waals surface area contributed by atoms with Crippen LogP contribution in [0.1, 0.15) is 31.9 Å². The summed E-state index contributed by atoms with van der Waals surface area (Å²) in [5, 5.41) is 4.23. The molecule has 2 nitrogen and oxygen atoms in total. The first-order chi connectivity index (χ1) is 10.1. The summed E-state index contributed by atoms with van der Waals surface area (Å²) in [5.41, 5.74) is 2.17. The molecular formula is C17H19BrClNO. The fourth-order valence-corrected chi connectivity index (χ4v) is 2.64. The van der Waals surface area contributed by atoms with Crippen molar-refractivity contribution < 1.29 is 4.74 Å². The molecule has 4 heteroatoms. The summed E-state index contributed by atoms with van der Waals surface area (Å²) in [6.45, 7) is 4.76. The Balaban J connectivity index is 2.25. The van der Waals surface area contributed by atoms with Gasteiger partial charge in [-0.25, -0.2) is 0 Å². The molecule has 112 valence electrons. The Bertz CT molecular complexity index is 586. The molecule has 0 aromatic heterocycles. The maximum atomic E-state index is 6.11. The number of ether oxygens (including phenoxy) is 1. The second-order valence-corrected chi connectivity index (χ2v) is 6.08. The summed E-state index contributed by atoms with van der Waals surface area (Å²) in [6.07, 6.45) is 0.972. The fourth-order valence-electron chi connectivity index (χ4n) is 2.20. The summed E-state index contributed by atoms with van der Waals surface area (Å²) < 4.78 is 6.75. The summed E-state index contributed by atoms with van der Waals surface area (Å²) in [7, 11) is 0. The average Bonchev–Trinajstić information content (AvgIpc) is 2.48. The molecular weight excluding hydrogens is 350 g/mol. The molecule has 0 radical (unpaired) electrons. The van der Waals surface area contributed by atoms with E-state index in [4.69, 9.17) is 16.3 Å². The van der Waals surface area contributed by atoms with Crippen LogP contribution in [-0.2, 0) is 0 Å². The molecule has 0 amide bonds. The van der Waals surface area contributed by atoms with Crippen LogP contribution in [0.2, 0.25) is 5.02 Å². The third-order valence-electron chi connectivity index (χ3n) is 3.25. The quantitative estimate of drug-likeness (QED) is 0.668. The Hall–Kier alpha value is -1.19. The van der Waals surface area contributed by atoms with Crippen molar-refractivity contribution in [3.8, 4) is 5.75 Å². The van der Waals surface area contributed by atoms with Crippen LogP contribution in [0.4, 0.5) is 5.69 Å². The highest BCUT2D eigenvalue weighted by molar-refractivity contribution is 9.10. The lowest BCUT2D eigenvalue weighted by molar-refractivity contribution is 0.341. The van der Waals surface area contributed by atoms with Crippen LogP contribution in [0.3, 0.4) is 0 Å². The van der Waals surface area contributed by atoms with E-state index in [-0.39, 0.29) is 6.04 Å². The first-order valence-electron chi connectivity index (χ1n) is 7.08. The van der Waals surface area contributed by atoms with Crippen molar-refractivity contribution in [2.24, 2.45) is 0 Å². The van der Waals surface area contributed by atoms with Gasteiger partial charge in [0.05, 0.1) is 18.3 Å². The molecule has 1 unspecified atom stereocenters. The lowest BCUT2D eigenvalue weighted by Crippen LogP contribution is -2.11. The highest BCUT2D eigenvalue weighted by Crippen LogP contribution is 2.32. The van der Waals surface area contributed by atoms with Crippen molar-refractivity contribution in [2.75, 3.05) is 11.9 Å². The van der Waals surface area contributed by atoms with Crippen LogP contribution >= 0.6 is 27.5 Å². The predicted molar refractivity (Wildman–Crippen MR) is 93.4 cm³/mol. The van der Waals surface area contributed by atoms with E-state index in [1.165, 1.54) is 5.56 Å². The number of halogens is 2. The highest BCUT2D eigenvalue weighted by Gasteiger charge is 2.12. The van der Waals surface area contributed by atoms with E-state index in [0.717, 1.165) is 22.3 Å². The van der Waals surface area contributed by atoms with Gasteiger partial charge >= 0.3 is 0 Å². The molecule has 21 heavy (non-hydrogen) atoms. The van der Waals surface area contributed by atoms with Gasteiger partial charge in [0.1, 0.15) is 5.75 Å². The van der Waals surface area contributed by atoms with Crippen molar-refractivity contribution in [3.05, 3.63) is 57.5 Å². The molecule has 0 saturated heterocycles. The Kier molecular flexibility index (Phi) is 5.95. The molecule has 0 bridgehead atoms. The molecule has 2 rings (SSSR count). The minimum absolute atomic E-state index is 0.218. The van der Waals surface area contributed by atoms with Crippen LogP contribution in [0.15, 0.2) is 46.9 Å². The van der Waals surface area contributed by atoms with Gasteiger partial charge in [-0.2, -0.15) is 0 Å². The zero-order chi connectivity index (χ0) is 15.2. The lowest BCUT2D eigenvalue weighted by atomic mass is 10.0. The minimum Gasteiger partial charge on any atom is -0.492 e. The number of benzene rings is 2. The molecule has 0 aliphatic rings. The van der Waals surface area contributed by atoms with E-state index in [1.54, 1.807) is 0 Å². The SMILES string of the molecule is CCOc1ccc(Cl)cc1NC(CC)c1ccc(Br)cc1.